The SMILES string of the molecule is CCCN1CC(c2cc[nH]c2)=CC(C)C1. The normalized spacial score (nSPS) is 22.8. The van der Waals surface area contributed by atoms with E-state index in [-0.39, 0.29) is 0 Å². The predicted octanol–water partition coefficient (Wildman–Crippen LogP) is 2.76. The van der Waals surface area contributed by atoms with Gasteiger partial charge in [0.1, 0.15) is 0 Å². The van der Waals surface area contributed by atoms with Crippen molar-refractivity contribution in [2.75, 3.05) is 19.6 Å². The molecule has 0 aliphatic carbocycles. The van der Waals surface area contributed by atoms with E-state index in [2.05, 4.69) is 42.1 Å². The topological polar surface area (TPSA) is 19.0 Å². The number of hydrogen-bond donors (Lipinski definition) is 1. The second kappa shape index (κ2) is 4.67. The molecule has 1 aromatic heterocycles. The van der Waals surface area contributed by atoms with Crippen LogP contribution in [-0.4, -0.2) is 29.5 Å². The Labute approximate surface area is 92.0 Å². The Morgan fingerprint density at radius 2 is 2.40 bits per heavy atom. The van der Waals surface area contributed by atoms with Gasteiger partial charge in [-0.1, -0.05) is 19.9 Å². The zero-order valence-electron chi connectivity index (χ0n) is 9.66. The smallest absolute Gasteiger partial charge is 0.0237 e. The van der Waals surface area contributed by atoms with E-state index in [1.54, 1.807) is 0 Å². The number of aromatic amines is 1. The molecule has 1 atom stereocenters. The summed E-state index contributed by atoms with van der Waals surface area (Å²) in [7, 11) is 0. The summed E-state index contributed by atoms with van der Waals surface area (Å²) in [5.74, 6) is 0.676. The second-order valence-electron chi connectivity index (χ2n) is 4.50. The predicted molar refractivity (Wildman–Crippen MR) is 64.7 cm³/mol. The standard InChI is InChI=1S/C13H20N2/c1-3-6-15-9-11(2)7-13(10-15)12-4-5-14-8-12/h4-5,7-8,11,14H,3,6,9-10H2,1-2H3. The van der Waals surface area contributed by atoms with Crippen LogP contribution in [-0.2, 0) is 0 Å². The van der Waals surface area contributed by atoms with Gasteiger partial charge in [0, 0.05) is 25.5 Å². The molecule has 2 nitrogen and oxygen atoms in total. The summed E-state index contributed by atoms with van der Waals surface area (Å²) in [4.78, 5) is 5.68. The molecule has 0 saturated carbocycles. The second-order valence-corrected chi connectivity index (χ2v) is 4.50. The van der Waals surface area contributed by atoms with E-state index < -0.39 is 0 Å². The molecule has 1 aliphatic heterocycles. The van der Waals surface area contributed by atoms with Crippen LogP contribution in [0.25, 0.3) is 5.57 Å². The average Bonchev–Trinajstić information content (AvgIpc) is 2.70. The van der Waals surface area contributed by atoms with Crippen molar-refractivity contribution in [1.29, 1.82) is 0 Å². The Balaban J connectivity index is 2.11. The molecule has 2 heteroatoms. The monoisotopic (exact) mass is 204 g/mol. The average molecular weight is 204 g/mol. The molecule has 0 radical (unpaired) electrons. The summed E-state index contributed by atoms with van der Waals surface area (Å²) in [5.41, 5.74) is 2.83. The number of nitrogens with zero attached hydrogens (tertiary/aromatic N) is 1. The fourth-order valence-corrected chi connectivity index (χ4v) is 2.36. The summed E-state index contributed by atoms with van der Waals surface area (Å²) < 4.78 is 0. The maximum absolute atomic E-state index is 3.13. The third kappa shape index (κ3) is 2.51. The van der Waals surface area contributed by atoms with Gasteiger partial charge in [-0.2, -0.15) is 0 Å². The summed E-state index contributed by atoms with van der Waals surface area (Å²) in [6.07, 6.45) is 7.75. The van der Waals surface area contributed by atoms with Crippen LogP contribution in [0.1, 0.15) is 25.8 Å². The summed E-state index contributed by atoms with van der Waals surface area (Å²) in [6, 6.07) is 2.16. The number of aromatic nitrogens is 1. The zero-order valence-corrected chi connectivity index (χ0v) is 9.66. The van der Waals surface area contributed by atoms with Crippen molar-refractivity contribution in [3.8, 4) is 0 Å². The first-order chi connectivity index (χ1) is 7.29. The molecule has 0 saturated heterocycles. The molecule has 0 fully saturated rings. The lowest BCUT2D eigenvalue weighted by Crippen LogP contribution is -2.33. The highest BCUT2D eigenvalue weighted by Crippen LogP contribution is 2.23. The molecule has 0 spiro atoms. The number of H-pyrrole nitrogens is 1. The first-order valence-electron chi connectivity index (χ1n) is 5.85. The van der Waals surface area contributed by atoms with Gasteiger partial charge in [0.2, 0.25) is 0 Å². The van der Waals surface area contributed by atoms with Gasteiger partial charge < -0.3 is 4.98 Å². The van der Waals surface area contributed by atoms with E-state index in [1.165, 1.54) is 30.6 Å². The molecule has 0 bridgehead atoms. The van der Waals surface area contributed by atoms with Crippen molar-refractivity contribution in [1.82, 2.24) is 9.88 Å². The Kier molecular flexibility index (Phi) is 3.27. The first-order valence-corrected chi connectivity index (χ1v) is 5.85. The van der Waals surface area contributed by atoms with E-state index >= 15 is 0 Å². The summed E-state index contributed by atoms with van der Waals surface area (Å²) >= 11 is 0. The summed E-state index contributed by atoms with van der Waals surface area (Å²) in [5, 5.41) is 0. The molecule has 1 aliphatic rings. The van der Waals surface area contributed by atoms with Gasteiger partial charge in [0.05, 0.1) is 0 Å². The Bertz CT molecular complexity index is 324. The molecule has 2 heterocycles. The molecule has 82 valence electrons. The Morgan fingerprint density at radius 1 is 1.53 bits per heavy atom. The number of nitrogens with one attached hydrogen (secondary N) is 1. The van der Waals surface area contributed by atoms with E-state index in [9.17, 15) is 0 Å². The lowest BCUT2D eigenvalue weighted by Gasteiger charge is -2.30. The van der Waals surface area contributed by atoms with Crippen LogP contribution in [0.15, 0.2) is 24.5 Å². The van der Waals surface area contributed by atoms with Crippen LogP contribution >= 0.6 is 0 Å². The molecule has 1 N–H and O–H groups in total. The summed E-state index contributed by atoms with van der Waals surface area (Å²) in [6.45, 7) is 8.08. The van der Waals surface area contributed by atoms with Gasteiger partial charge in [0.25, 0.3) is 0 Å². The highest BCUT2D eigenvalue weighted by atomic mass is 15.1. The number of rotatable bonds is 3. The molecule has 1 aromatic rings. The maximum Gasteiger partial charge on any atom is 0.0237 e. The fourth-order valence-electron chi connectivity index (χ4n) is 2.36. The molecule has 1 unspecified atom stereocenters. The van der Waals surface area contributed by atoms with Crippen molar-refractivity contribution in [2.24, 2.45) is 5.92 Å². The molecule has 2 rings (SSSR count). The largest absolute Gasteiger partial charge is 0.367 e. The Hall–Kier alpha value is -1.02. The number of hydrogen-bond acceptors (Lipinski definition) is 1. The van der Waals surface area contributed by atoms with Crippen LogP contribution in [0.3, 0.4) is 0 Å². The first kappa shape index (κ1) is 10.5. The van der Waals surface area contributed by atoms with Crippen LogP contribution in [0, 0.1) is 5.92 Å². The van der Waals surface area contributed by atoms with Crippen molar-refractivity contribution in [2.45, 2.75) is 20.3 Å². The fraction of sp³-hybridized carbons (Fsp3) is 0.538. The van der Waals surface area contributed by atoms with Crippen LogP contribution in [0.5, 0.6) is 0 Å². The molecular formula is C13H20N2. The molecular weight excluding hydrogens is 184 g/mol. The van der Waals surface area contributed by atoms with Gasteiger partial charge in [-0.25, -0.2) is 0 Å². The third-order valence-electron chi connectivity index (χ3n) is 2.93. The van der Waals surface area contributed by atoms with Gasteiger partial charge >= 0.3 is 0 Å². The van der Waals surface area contributed by atoms with Gasteiger partial charge in [-0.05, 0) is 36.1 Å². The Morgan fingerprint density at radius 3 is 3.07 bits per heavy atom. The highest BCUT2D eigenvalue weighted by Gasteiger charge is 2.17. The lowest BCUT2D eigenvalue weighted by molar-refractivity contribution is 0.273. The minimum Gasteiger partial charge on any atom is -0.367 e. The molecule has 15 heavy (non-hydrogen) atoms. The third-order valence-corrected chi connectivity index (χ3v) is 2.93. The lowest BCUT2D eigenvalue weighted by atomic mass is 9.97. The van der Waals surface area contributed by atoms with Crippen LogP contribution < -0.4 is 0 Å². The van der Waals surface area contributed by atoms with E-state index in [0.717, 1.165) is 6.54 Å². The zero-order chi connectivity index (χ0) is 10.7. The van der Waals surface area contributed by atoms with Gasteiger partial charge in [0.15, 0.2) is 0 Å². The highest BCUT2D eigenvalue weighted by molar-refractivity contribution is 5.67. The van der Waals surface area contributed by atoms with Crippen molar-refractivity contribution in [3.63, 3.8) is 0 Å². The van der Waals surface area contributed by atoms with Crippen molar-refractivity contribution < 1.29 is 0 Å². The quantitative estimate of drug-likeness (QED) is 0.802. The minimum absolute atomic E-state index is 0.676. The van der Waals surface area contributed by atoms with E-state index in [0.29, 0.717) is 5.92 Å². The van der Waals surface area contributed by atoms with Crippen molar-refractivity contribution in [3.05, 3.63) is 30.1 Å². The van der Waals surface area contributed by atoms with E-state index in [1.807, 2.05) is 6.20 Å². The van der Waals surface area contributed by atoms with Gasteiger partial charge in [-0.15, -0.1) is 0 Å². The van der Waals surface area contributed by atoms with Crippen LogP contribution in [0.4, 0.5) is 0 Å². The maximum atomic E-state index is 3.13. The van der Waals surface area contributed by atoms with Crippen LogP contribution in [0.2, 0.25) is 0 Å². The van der Waals surface area contributed by atoms with E-state index in [4.69, 9.17) is 0 Å². The van der Waals surface area contributed by atoms with Crippen molar-refractivity contribution >= 4 is 5.57 Å². The molecule has 0 amide bonds. The minimum atomic E-state index is 0.676. The van der Waals surface area contributed by atoms with Gasteiger partial charge in [-0.3, -0.25) is 4.90 Å². The molecule has 0 aromatic carbocycles.